The topological polar surface area (TPSA) is 81.2 Å². The lowest BCUT2D eigenvalue weighted by atomic mass is 10.1. The summed E-state index contributed by atoms with van der Waals surface area (Å²) in [5, 5.41) is 15.2. The standard InChI is InChI=1S/C21H17N3O3/c1-3-12-24-16-7-5-4-6-15(16)18(25)17(21(24)26)20-22-19(23-27-20)14-10-8-13(2)9-11-14/h3-11,25H,1,12H2,2H3. The van der Waals surface area contributed by atoms with E-state index in [2.05, 4.69) is 16.7 Å². The van der Waals surface area contributed by atoms with Crippen LogP contribution in [0.3, 0.4) is 0 Å². The zero-order valence-corrected chi connectivity index (χ0v) is 14.7. The molecule has 0 aliphatic heterocycles. The molecule has 134 valence electrons. The van der Waals surface area contributed by atoms with Crippen molar-refractivity contribution in [2.24, 2.45) is 0 Å². The molecule has 4 rings (SSSR count). The number of aromatic hydroxyl groups is 1. The van der Waals surface area contributed by atoms with Crippen LogP contribution < -0.4 is 5.56 Å². The second-order valence-corrected chi connectivity index (χ2v) is 6.23. The Balaban J connectivity index is 1.93. The van der Waals surface area contributed by atoms with Crippen LogP contribution in [0.1, 0.15) is 5.56 Å². The fourth-order valence-electron chi connectivity index (χ4n) is 3.04. The first-order valence-corrected chi connectivity index (χ1v) is 8.46. The average Bonchev–Trinajstić information content (AvgIpc) is 3.15. The predicted octanol–water partition coefficient (Wildman–Crippen LogP) is 3.92. The van der Waals surface area contributed by atoms with Gasteiger partial charge in [0.2, 0.25) is 5.82 Å². The van der Waals surface area contributed by atoms with Crippen molar-refractivity contribution in [2.45, 2.75) is 13.5 Å². The highest BCUT2D eigenvalue weighted by molar-refractivity contribution is 5.91. The van der Waals surface area contributed by atoms with Crippen molar-refractivity contribution >= 4 is 10.9 Å². The fourth-order valence-corrected chi connectivity index (χ4v) is 3.04. The summed E-state index contributed by atoms with van der Waals surface area (Å²) in [6.45, 7) is 5.99. The molecule has 0 fully saturated rings. The molecule has 6 heteroatoms. The maximum Gasteiger partial charge on any atom is 0.268 e. The molecule has 6 nitrogen and oxygen atoms in total. The highest BCUT2D eigenvalue weighted by atomic mass is 16.5. The molecule has 0 unspecified atom stereocenters. The van der Waals surface area contributed by atoms with Gasteiger partial charge in [0.1, 0.15) is 11.3 Å². The molecule has 0 saturated heterocycles. The molecular formula is C21H17N3O3. The summed E-state index contributed by atoms with van der Waals surface area (Å²) in [4.78, 5) is 17.3. The molecule has 0 atom stereocenters. The third-order valence-corrected chi connectivity index (χ3v) is 4.41. The highest BCUT2D eigenvalue weighted by Gasteiger charge is 2.22. The number of pyridine rings is 1. The number of nitrogens with zero attached hydrogens (tertiary/aromatic N) is 3. The van der Waals surface area contributed by atoms with E-state index in [1.807, 2.05) is 37.3 Å². The van der Waals surface area contributed by atoms with Crippen LogP contribution in [-0.4, -0.2) is 19.8 Å². The number of aromatic nitrogens is 3. The number of fused-ring (bicyclic) bond motifs is 1. The third kappa shape index (κ3) is 2.81. The summed E-state index contributed by atoms with van der Waals surface area (Å²) in [6, 6.07) is 14.7. The molecule has 27 heavy (non-hydrogen) atoms. The molecule has 0 aliphatic carbocycles. The van der Waals surface area contributed by atoms with Crippen molar-refractivity contribution in [1.82, 2.24) is 14.7 Å². The Bertz CT molecular complexity index is 1200. The first-order chi connectivity index (χ1) is 13.1. The molecule has 2 aromatic carbocycles. The zero-order chi connectivity index (χ0) is 19.0. The van der Waals surface area contributed by atoms with Crippen molar-refractivity contribution in [2.75, 3.05) is 0 Å². The van der Waals surface area contributed by atoms with Crippen molar-refractivity contribution < 1.29 is 9.63 Å². The number of hydrogen-bond acceptors (Lipinski definition) is 5. The summed E-state index contributed by atoms with van der Waals surface area (Å²) >= 11 is 0. The Hall–Kier alpha value is -3.67. The van der Waals surface area contributed by atoms with Gasteiger partial charge >= 0.3 is 0 Å². The lowest BCUT2D eigenvalue weighted by Crippen LogP contribution is -2.22. The normalized spacial score (nSPS) is 11.0. The highest BCUT2D eigenvalue weighted by Crippen LogP contribution is 2.33. The number of rotatable bonds is 4. The van der Waals surface area contributed by atoms with Gasteiger partial charge in [0, 0.05) is 17.5 Å². The van der Waals surface area contributed by atoms with Gasteiger partial charge in [-0.15, -0.1) is 6.58 Å². The molecule has 0 spiro atoms. The molecule has 0 bridgehead atoms. The Morgan fingerprint density at radius 2 is 1.93 bits per heavy atom. The Labute approximate surface area is 155 Å². The van der Waals surface area contributed by atoms with Crippen LogP contribution in [0.4, 0.5) is 0 Å². The van der Waals surface area contributed by atoms with Gasteiger partial charge in [-0.05, 0) is 19.1 Å². The first kappa shape index (κ1) is 16.8. The monoisotopic (exact) mass is 359 g/mol. The number of benzene rings is 2. The minimum atomic E-state index is -0.412. The van der Waals surface area contributed by atoms with E-state index in [1.165, 1.54) is 4.57 Å². The Morgan fingerprint density at radius 3 is 2.67 bits per heavy atom. The van der Waals surface area contributed by atoms with Gasteiger partial charge in [-0.3, -0.25) is 4.79 Å². The average molecular weight is 359 g/mol. The molecule has 0 radical (unpaired) electrons. The minimum absolute atomic E-state index is 0.0126. The van der Waals surface area contributed by atoms with Crippen LogP contribution in [0.25, 0.3) is 33.7 Å². The van der Waals surface area contributed by atoms with E-state index in [-0.39, 0.29) is 17.2 Å². The Kier molecular flexibility index (Phi) is 4.08. The van der Waals surface area contributed by atoms with Gasteiger partial charge in [0.05, 0.1) is 5.52 Å². The zero-order valence-electron chi connectivity index (χ0n) is 14.7. The fraction of sp³-hybridized carbons (Fsp3) is 0.0952. The summed E-state index contributed by atoms with van der Waals surface area (Å²) in [7, 11) is 0. The molecular weight excluding hydrogens is 342 g/mol. The second kappa shape index (κ2) is 6.57. The lowest BCUT2D eigenvalue weighted by Gasteiger charge is -2.11. The first-order valence-electron chi connectivity index (χ1n) is 8.46. The van der Waals surface area contributed by atoms with Crippen molar-refractivity contribution in [1.29, 1.82) is 0 Å². The quantitative estimate of drug-likeness (QED) is 0.559. The van der Waals surface area contributed by atoms with E-state index in [1.54, 1.807) is 24.3 Å². The van der Waals surface area contributed by atoms with Gasteiger partial charge in [-0.1, -0.05) is 53.2 Å². The smallest absolute Gasteiger partial charge is 0.268 e. The number of para-hydroxylation sites is 1. The van der Waals surface area contributed by atoms with Crippen molar-refractivity contribution in [3.63, 3.8) is 0 Å². The van der Waals surface area contributed by atoms with Crippen molar-refractivity contribution in [3.05, 3.63) is 77.1 Å². The van der Waals surface area contributed by atoms with E-state index in [0.717, 1.165) is 11.1 Å². The van der Waals surface area contributed by atoms with Crippen LogP contribution >= 0.6 is 0 Å². The largest absolute Gasteiger partial charge is 0.506 e. The predicted molar refractivity (Wildman–Crippen MR) is 104 cm³/mol. The lowest BCUT2D eigenvalue weighted by molar-refractivity contribution is 0.425. The minimum Gasteiger partial charge on any atom is -0.506 e. The van der Waals surface area contributed by atoms with Gasteiger partial charge < -0.3 is 14.2 Å². The molecule has 2 aromatic heterocycles. The van der Waals surface area contributed by atoms with E-state index < -0.39 is 5.56 Å². The summed E-state index contributed by atoms with van der Waals surface area (Å²) < 4.78 is 6.84. The van der Waals surface area contributed by atoms with E-state index in [0.29, 0.717) is 23.3 Å². The summed E-state index contributed by atoms with van der Waals surface area (Å²) in [5.41, 5.74) is 2.07. The third-order valence-electron chi connectivity index (χ3n) is 4.41. The van der Waals surface area contributed by atoms with Gasteiger partial charge in [0.25, 0.3) is 11.4 Å². The molecule has 0 saturated carbocycles. The van der Waals surface area contributed by atoms with E-state index in [9.17, 15) is 9.90 Å². The van der Waals surface area contributed by atoms with Crippen LogP contribution in [0.5, 0.6) is 5.75 Å². The second-order valence-electron chi connectivity index (χ2n) is 6.23. The molecule has 4 aromatic rings. The maximum absolute atomic E-state index is 13.0. The number of hydrogen-bond donors (Lipinski definition) is 1. The van der Waals surface area contributed by atoms with E-state index in [4.69, 9.17) is 4.52 Å². The number of aryl methyl sites for hydroxylation is 1. The summed E-state index contributed by atoms with van der Waals surface area (Å²) in [6.07, 6.45) is 1.63. The van der Waals surface area contributed by atoms with Gasteiger partial charge in [-0.25, -0.2) is 0 Å². The molecule has 0 aliphatic rings. The maximum atomic E-state index is 13.0. The Morgan fingerprint density at radius 1 is 1.19 bits per heavy atom. The number of allylic oxidation sites excluding steroid dienone is 1. The molecule has 1 N–H and O–H groups in total. The van der Waals surface area contributed by atoms with Crippen LogP contribution in [0, 0.1) is 6.92 Å². The van der Waals surface area contributed by atoms with Gasteiger partial charge in [0.15, 0.2) is 0 Å². The SMILES string of the molecule is C=CCn1c(=O)c(-c2nc(-c3ccc(C)cc3)no2)c(O)c2ccccc21. The molecule has 2 heterocycles. The van der Waals surface area contributed by atoms with Gasteiger partial charge in [-0.2, -0.15) is 4.98 Å². The van der Waals surface area contributed by atoms with Crippen LogP contribution in [0.15, 0.2) is 70.5 Å². The summed E-state index contributed by atoms with van der Waals surface area (Å²) in [5.74, 6) is 0.166. The van der Waals surface area contributed by atoms with E-state index >= 15 is 0 Å². The van der Waals surface area contributed by atoms with Crippen LogP contribution in [0.2, 0.25) is 0 Å². The van der Waals surface area contributed by atoms with Crippen molar-refractivity contribution in [3.8, 4) is 28.6 Å². The molecule has 0 amide bonds. The van der Waals surface area contributed by atoms with Crippen LogP contribution in [-0.2, 0) is 6.54 Å².